The number of nitrogens with one attached hydrogen (secondary N) is 1. The molecular formula is C17H15BrN4O. The van der Waals surface area contributed by atoms with E-state index >= 15 is 0 Å². The first kappa shape index (κ1) is 15.4. The molecule has 116 valence electrons. The number of carbonyl (C=O) groups excluding carboxylic acids is 1. The van der Waals surface area contributed by atoms with E-state index in [1.54, 1.807) is 17.0 Å². The summed E-state index contributed by atoms with van der Waals surface area (Å²) < 4.78 is 2.73. The van der Waals surface area contributed by atoms with E-state index in [0.29, 0.717) is 5.69 Å². The molecule has 0 saturated carbocycles. The van der Waals surface area contributed by atoms with Gasteiger partial charge in [0.2, 0.25) is 5.91 Å². The molecule has 0 aliphatic carbocycles. The second kappa shape index (κ2) is 6.34. The van der Waals surface area contributed by atoms with E-state index in [1.165, 1.54) is 6.08 Å². The molecule has 0 fully saturated rings. The van der Waals surface area contributed by atoms with E-state index in [-0.39, 0.29) is 5.91 Å². The standard InChI is InChI=1S/C17H15BrN4O/c1-11-15-9-14(10-19-17(15)22(2)21-11)20-16(23)8-5-12-3-6-13(18)7-4-12/h3-10H,1-2H3,(H,20,23)/b8-5+. The fourth-order valence-corrected chi connectivity index (χ4v) is 2.57. The summed E-state index contributed by atoms with van der Waals surface area (Å²) in [6.45, 7) is 1.92. The Balaban J connectivity index is 1.74. The van der Waals surface area contributed by atoms with Crippen LogP contribution < -0.4 is 5.32 Å². The van der Waals surface area contributed by atoms with Gasteiger partial charge in [-0.2, -0.15) is 5.10 Å². The number of rotatable bonds is 3. The summed E-state index contributed by atoms with van der Waals surface area (Å²) >= 11 is 3.38. The zero-order valence-corrected chi connectivity index (χ0v) is 14.3. The molecule has 0 atom stereocenters. The fourth-order valence-electron chi connectivity index (χ4n) is 2.31. The minimum Gasteiger partial charge on any atom is -0.321 e. The quantitative estimate of drug-likeness (QED) is 0.715. The lowest BCUT2D eigenvalue weighted by Crippen LogP contribution is -2.08. The molecule has 0 unspecified atom stereocenters. The molecule has 2 aromatic heterocycles. The van der Waals surface area contributed by atoms with Gasteiger partial charge in [-0.05, 0) is 36.8 Å². The maximum atomic E-state index is 12.0. The number of fused-ring (bicyclic) bond motifs is 1. The first-order valence-electron chi connectivity index (χ1n) is 7.07. The lowest BCUT2D eigenvalue weighted by atomic mass is 10.2. The van der Waals surface area contributed by atoms with Crippen LogP contribution in [0.4, 0.5) is 5.69 Å². The van der Waals surface area contributed by atoms with Crippen molar-refractivity contribution < 1.29 is 4.79 Å². The molecule has 23 heavy (non-hydrogen) atoms. The molecule has 0 aliphatic heterocycles. The minimum atomic E-state index is -0.199. The smallest absolute Gasteiger partial charge is 0.248 e. The third-order valence-corrected chi connectivity index (χ3v) is 3.96. The van der Waals surface area contributed by atoms with Crippen molar-refractivity contribution in [2.45, 2.75) is 6.92 Å². The highest BCUT2D eigenvalue weighted by molar-refractivity contribution is 9.10. The highest BCUT2D eigenvalue weighted by Crippen LogP contribution is 2.19. The van der Waals surface area contributed by atoms with Gasteiger partial charge in [0, 0.05) is 23.0 Å². The summed E-state index contributed by atoms with van der Waals surface area (Å²) in [6.07, 6.45) is 4.90. The number of pyridine rings is 1. The van der Waals surface area contributed by atoms with Gasteiger partial charge in [0.15, 0.2) is 5.65 Å². The maximum absolute atomic E-state index is 12.0. The van der Waals surface area contributed by atoms with Crippen LogP contribution in [0, 0.1) is 6.92 Å². The molecule has 1 amide bonds. The molecule has 3 aromatic rings. The molecule has 3 rings (SSSR count). The maximum Gasteiger partial charge on any atom is 0.248 e. The van der Waals surface area contributed by atoms with Crippen LogP contribution >= 0.6 is 15.9 Å². The van der Waals surface area contributed by atoms with Crippen molar-refractivity contribution in [3.8, 4) is 0 Å². The highest BCUT2D eigenvalue weighted by Gasteiger charge is 2.07. The topological polar surface area (TPSA) is 59.8 Å². The Hall–Kier alpha value is -2.47. The zero-order chi connectivity index (χ0) is 16.4. The number of anilines is 1. The average Bonchev–Trinajstić information content (AvgIpc) is 2.81. The van der Waals surface area contributed by atoms with Gasteiger partial charge in [-0.25, -0.2) is 4.98 Å². The van der Waals surface area contributed by atoms with Crippen molar-refractivity contribution >= 4 is 44.6 Å². The Morgan fingerprint density at radius 1 is 1.30 bits per heavy atom. The fraction of sp³-hybridized carbons (Fsp3) is 0.118. The van der Waals surface area contributed by atoms with Gasteiger partial charge < -0.3 is 5.32 Å². The molecule has 2 heterocycles. The number of benzene rings is 1. The number of nitrogens with zero attached hydrogens (tertiary/aromatic N) is 3. The normalized spacial score (nSPS) is 11.3. The molecule has 0 spiro atoms. The van der Waals surface area contributed by atoms with Crippen LogP contribution in [0.15, 0.2) is 47.1 Å². The van der Waals surface area contributed by atoms with Crippen molar-refractivity contribution in [2.24, 2.45) is 7.05 Å². The summed E-state index contributed by atoms with van der Waals surface area (Å²) in [5.41, 5.74) is 3.29. The van der Waals surface area contributed by atoms with Crippen molar-refractivity contribution in [3.05, 3.63) is 58.3 Å². The Morgan fingerprint density at radius 3 is 2.78 bits per heavy atom. The van der Waals surface area contributed by atoms with E-state index < -0.39 is 0 Å². The van der Waals surface area contributed by atoms with Gasteiger partial charge in [0.05, 0.1) is 17.6 Å². The molecule has 1 aromatic carbocycles. The number of carbonyl (C=O) groups is 1. The van der Waals surface area contributed by atoms with E-state index in [1.807, 2.05) is 44.3 Å². The van der Waals surface area contributed by atoms with Crippen molar-refractivity contribution in [2.75, 3.05) is 5.32 Å². The predicted octanol–water partition coefficient (Wildman–Crippen LogP) is 3.69. The van der Waals surface area contributed by atoms with Crippen LogP contribution in [-0.2, 0) is 11.8 Å². The third-order valence-electron chi connectivity index (χ3n) is 3.43. The molecule has 6 heteroatoms. The number of halogens is 1. The van der Waals surface area contributed by atoms with Crippen LogP contribution in [-0.4, -0.2) is 20.7 Å². The Kier molecular flexibility index (Phi) is 4.25. The summed E-state index contributed by atoms with van der Waals surface area (Å²) in [6, 6.07) is 9.61. The van der Waals surface area contributed by atoms with Crippen LogP contribution in [0.3, 0.4) is 0 Å². The van der Waals surface area contributed by atoms with Crippen molar-refractivity contribution in [3.63, 3.8) is 0 Å². The molecule has 0 saturated heterocycles. The Bertz CT molecular complexity index is 897. The number of aryl methyl sites for hydroxylation is 2. The summed E-state index contributed by atoms with van der Waals surface area (Å²) in [7, 11) is 1.85. The van der Waals surface area contributed by atoms with E-state index in [2.05, 4.69) is 31.3 Å². The van der Waals surface area contributed by atoms with Gasteiger partial charge >= 0.3 is 0 Å². The van der Waals surface area contributed by atoms with Gasteiger partial charge in [-0.3, -0.25) is 9.48 Å². The van der Waals surface area contributed by atoms with Gasteiger partial charge in [-0.15, -0.1) is 0 Å². The molecule has 0 aliphatic rings. The first-order chi connectivity index (χ1) is 11.0. The third kappa shape index (κ3) is 3.48. The summed E-state index contributed by atoms with van der Waals surface area (Å²) in [5, 5.41) is 8.07. The lowest BCUT2D eigenvalue weighted by Gasteiger charge is -2.02. The van der Waals surface area contributed by atoms with Crippen molar-refractivity contribution in [1.82, 2.24) is 14.8 Å². The molecule has 0 radical (unpaired) electrons. The van der Waals surface area contributed by atoms with E-state index in [0.717, 1.165) is 26.8 Å². The number of hydrogen-bond donors (Lipinski definition) is 1. The molecular weight excluding hydrogens is 356 g/mol. The van der Waals surface area contributed by atoms with Gasteiger partial charge in [0.1, 0.15) is 0 Å². The number of hydrogen-bond acceptors (Lipinski definition) is 3. The number of aromatic nitrogens is 3. The Morgan fingerprint density at radius 2 is 2.04 bits per heavy atom. The highest BCUT2D eigenvalue weighted by atomic mass is 79.9. The van der Waals surface area contributed by atoms with Gasteiger partial charge in [0.25, 0.3) is 0 Å². The zero-order valence-electron chi connectivity index (χ0n) is 12.7. The number of amides is 1. The van der Waals surface area contributed by atoms with Crippen LogP contribution in [0.2, 0.25) is 0 Å². The molecule has 5 nitrogen and oxygen atoms in total. The second-order valence-corrected chi connectivity index (χ2v) is 6.09. The molecule has 1 N–H and O–H groups in total. The van der Waals surface area contributed by atoms with Crippen LogP contribution in [0.25, 0.3) is 17.1 Å². The lowest BCUT2D eigenvalue weighted by molar-refractivity contribution is -0.111. The molecule has 0 bridgehead atoms. The van der Waals surface area contributed by atoms with Gasteiger partial charge in [-0.1, -0.05) is 28.1 Å². The predicted molar refractivity (Wildman–Crippen MR) is 95.1 cm³/mol. The van der Waals surface area contributed by atoms with Crippen molar-refractivity contribution in [1.29, 1.82) is 0 Å². The first-order valence-corrected chi connectivity index (χ1v) is 7.86. The monoisotopic (exact) mass is 370 g/mol. The van der Waals surface area contributed by atoms with E-state index in [4.69, 9.17) is 0 Å². The second-order valence-electron chi connectivity index (χ2n) is 5.18. The average molecular weight is 371 g/mol. The van der Waals surface area contributed by atoms with E-state index in [9.17, 15) is 4.79 Å². The Labute approximate surface area is 142 Å². The van der Waals surface area contributed by atoms with Crippen LogP contribution in [0.5, 0.6) is 0 Å². The largest absolute Gasteiger partial charge is 0.321 e. The summed E-state index contributed by atoms with van der Waals surface area (Å²) in [4.78, 5) is 16.4. The van der Waals surface area contributed by atoms with Crippen LogP contribution in [0.1, 0.15) is 11.3 Å². The minimum absolute atomic E-state index is 0.199. The summed E-state index contributed by atoms with van der Waals surface area (Å²) in [5.74, 6) is -0.199. The SMILES string of the molecule is Cc1nn(C)c2ncc(NC(=O)/C=C/c3ccc(Br)cc3)cc12.